The van der Waals surface area contributed by atoms with Gasteiger partial charge in [-0.2, -0.15) is 0 Å². The van der Waals surface area contributed by atoms with Crippen molar-refractivity contribution in [2.75, 3.05) is 19.6 Å². The lowest BCUT2D eigenvalue weighted by Crippen LogP contribution is -2.45. The van der Waals surface area contributed by atoms with Gasteiger partial charge in [-0.05, 0) is 37.1 Å². The van der Waals surface area contributed by atoms with Crippen molar-refractivity contribution in [2.45, 2.75) is 58.3 Å². The van der Waals surface area contributed by atoms with Crippen LogP contribution < -0.4 is 10.6 Å². The molecule has 0 radical (unpaired) electrons. The molecule has 1 saturated carbocycles. The summed E-state index contributed by atoms with van der Waals surface area (Å²) in [5, 5.41) is 6.56. The number of nitrogens with one attached hydrogen (secondary N) is 2. The molecule has 1 atom stereocenters. The molecule has 104 valence electrons. The Morgan fingerprint density at radius 1 is 1.33 bits per heavy atom. The fourth-order valence-electron chi connectivity index (χ4n) is 3.30. The predicted octanol–water partition coefficient (Wildman–Crippen LogP) is 2.46. The molecule has 1 unspecified atom stereocenters. The molecular formula is C15H28N2O. The van der Waals surface area contributed by atoms with Gasteiger partial charge >= 0.3 is 0 Å². The smallest absolute Gasteiger partial charge is 0.220 e. The van der Waals surface area contributed by atoms with Crippen molar-refractivity contribution in [3.05, 3.63) is 0 Å². The fourth-order valence-corrected chi connectivity index (χ4v) is 3.30. The van der Waals surface area contributed by atoms with Gasteiger partial charge in [-0.1, -0.05) is 32.6 Å². The Labute approximate surface area is 111 Å². The number of hydrogen-bond donors (Lipinski definition) is 2. The molecule has 2 N–H and O–H groups in total. The zero-order chi connectivity index (χ0) is 12.8. The summed E-state index contributed by atoms with van der Waals surface area (Å²) in [5.41, 5.74) is 0.265. The summed E-state index contributed by atoms with van der Waals surface area (Å²) in [6.07, 6.45) is 9.71. The maximum absolute atomic E-state index is 11.9. The molecule has 2 fully saturated rings. The summed E-state index contributed by atoms with van der Waals surface area (Å²) < 4.78 is 0. The molecule has 1 saturated heterocycles. The van der Waals surface area contributed by atoms with E-state index in [9.17, 15) is 4.79 Å². The Hall–Kier alpha value is -0.570. The maximum atomic E-state index is 11.9. The third kappa shape index (κ3) is 4.27. The molecule has 3 nitrogen and oxygen atoms in total. The Morgan fingerprint density at radius 2 is 2.11 bits per heavy atom. The lowest BCUT2D eigenvalue weighted by atomic mass is 9.83. The predicted molar refractivity (Wildman–Crippen MR) is 74.4 cm³/mol. The first-order chi connectivity index (χ1) is 8.68. The second kappa shape index (κ2) is 6.55. The Bertz CT molecular complexity index is 266. The molecular weight excluding hydrogens is 224 g/mol. The van der Waals surface area contributed by atoms with E-state index in [1.54, 1.807) is 0 Å². The van der Waals surface area contributed by atoms with E-state index in [2.05, 4.69) is 17.6 Å². The molecule has 0 aromatic rings. The zero-order valence-electron chi connectivity index (χ0n) is 11.8. The first kappa shape index (κ1) is 13.9. The topological polar surface area (TPSA) is 41.1 Å². The van der Waals surface area contributed by atoms with E-state index in [4.69, 9.17) is 0 Å². The summed E-state index contributed by atoms with van der Waals surface area (Å²) >= 11 is 0. The van der Waals surface area contributed by atoms with Gasteiger partial charge in [0.25, 0.3) is 0 Å². The molecule has 1 aliphatic carbocycles. The van der Waals surface area contributed by atoms with Crippen molar-refractivity contribution in [1.29, 1.82) is 0 Å². The normalized spacial score (nSPS) is 29.4. The summed E-state index contributed by atoms with van der Waals surface area (Å²) in [5.74, 6) is 1.08. The molecule has 0 spiro atoms. The van der Waals surface area contributed by atoms with Crippen LogP contribution in [0.5, 0.6) is 0 Å². The van der Waals surface area contributed by atoms with Crippen molar-refractivity contribution < 1.29 is 4.79 Å². The van der Waals surface area contributed by atoms with Crippen LogP contribution in [0.2, 0.25) is 0 Å². The molecule has 3 heteroatoms. The van der Waals surface area contributed by atoms with E-state index in [-0.39, 0.29) is 11.3 Å². The lowest BCUT2D eigenvalue weighted by molar-refractivity contribution is -0.121. The molecule has 0 aromatic carbocycles. The SMILES string of the molecule is CC1(CNC(=O)CCC2CCCC2)CCCNC1. The second-order valence-corrected chi connectivity index (χ2v) is 6.56. The number of hydrogen-bond acceptors (Lipinski definition) is 2. The van der Waals surface area contributed by atoms with Gasteiger partial charge in [-0.25, -0.2) is 0 Å². The minimum atomic E-state index is 0.258. The molecule has 0 bridgehead atoms. The average Bonchev–Trinajstić information content (AvgIpc) is 2.88. The van der Waals surface area contributed by atoms with Crippen LogP contribution in [0.4, 0.5) is 0 Å². The molecule has 0 aromatic heterocycles. The number of carbonyl (C=O) groups is 1. The Kier molecular flexibility index (Phi) is 5.04. The molecule has 2 aliphatic rings. The third-order valence-electron chi connectivity index (χ3n) is 4.65. The third-order valence-corrected chi connectivity index (χ3v) is 4.65. The average molecular weight is 252 g/mol. The quantitative estimate of drug-likeness (QED) is 0.789. The Balaban J connectivity index is 1.61. The van der Waals surface area contributed by atoms with Crippen molar-refractivity contribution in [1.82, 2.24) is 10.6 Å². The van der Waals surface area contributed by atoms with Crippen LogP contribution in [0.1, 0.15) is 58.3 Å². The summed E-state index contributed by atoms with van der Waals surface area (Å²) in [7, 11) is 0. The molecule has 1 amide bonds. The summed E-state index contributed by atoms with van der Waals surface area (Å²) in [4.78, 5) is 11.9. The lowest BCUT2D eigenvalue weighted by Gasteiger charge is -2.34. The highest BCUT2D eigenvalue weighted by molar-refractivity contribution is 5.75. The summed E-state index contributed by atoms with van der Waals surface area (Å²) in [6.45, 7) is 5.28. The largest absolute Gasteiger partial charge is 0.356 e. The van der Waals surface area contributed by atoms with E-state index in [0.717, 1.165) is 38.4 Å². The minimum absolute atomic E-state index is 0.258. The standard InChI is InChI=1S/C15H28N2O/c1-15(9-4-10-16-11-15)12-17-14(18)8-7-13-5-2-3-6-13/h13,16H,2-12H2,1H3,(H,17,18). The van der Waals surface area contributed by atoms with Crippen molar-refractivity contribution in [2.24, 2.45) is 11.3 Å². The number of carbonyl (C=O) groups excluding carboxylic acids is 1. The molecule has 1 heterocycles. The van der Waals surface area contributed by atoms with Crippen molar-refractivity contribution in [3.8, 4) is 0 Å². The van der Waals surface area contributed by atoms with Crippen LogP contribution in [0.3, 0.4) is 0 Å². The van der Waals surface area contributed by atoms with Crippen molar-refractivity contribution in [3.63, 3.8) is 0 Å². The van der Waals surface area contributed by atoms with E-state index in [1.807, 2.05) is 0 Å². The first-order valence-corrected chi connectivity index (χ1v) is 7.65. The van der Waals surface area contributed by atoms with Crippen LogP contribution in [0, 0.1) is 11.3 Å². The van der Waals surface area contributed by atoms with Crippen LogP contribution in [0.15, 0.2) is 0 Å². The van der Waals surface area contributed by atoms with E-state index in [0.29, 0.717) is 0 Å². The van der Waals surface area contributed by atoms with Crippen LogP contribution in [0.25, 0.3) is 0 Å². The van der Waals surface area contributed by atoms with Crippen molar-refractivity contribution >= 4 is 5.91 Å². The highest BCUT2D eigenvalue weighted by Crippen LogP contribution is 2.28. The van der Waals surface area contributed by atoms with Gasteiger partial charge in [0.05, 0.1) is 0 Å². The molecule has 2 rings (SSSR count). The zero-order valence-corrected chi connectivity index (χ0v) is 11.8. The monoisotopic (exact) mass is 252 g/mol. The van der Waals surface area contributed by atoms with E-state index >= 15 is 0 Å². The van der Waals surface area contributed by atoms with Gasteiger partial charge in [0.2, 0.25) is 5.91 Å². The van der Waals surface area contributed by atoms with Gasteiger partial charge in [-0.3, -0.25) is 4.79 Å². The summed E-state index contributed by atoms with van der Waals surface area (Å²) in [6, 6.07) is 0. The van der Waals surface area contributed by atoms with Crippen LogP contribution in [-0.4, -0.2) is 25.5 Å². The number of amides is 1. The highest BCUT2D eigenvalue weighted by atomic mass is 16.1. The van der Waals surface area contributed by atoms with Gasteiger partial charge < -0.3 is 10.6 Å². The minimum Gasteiger partial charge on any atom is -0.356 e. The Morgan fingerprint density at radius 3 is 2.78 bits per heavy atom. The van der Waals surface area contributed by atoms with Gasteiger partial charge in [0, 0.05) is 19.5 Å². The second-order valence-electron chi connectivity index (χ2n) is 6.56. The fraction of sp³-hybridized carbons (Fsp3) is 0.933. The van der Waals surface area contributed by atoms with Gasteiger partial charge in [0.1, 0.15) is 0 Å². The number of rotatable bonds is 5. The van der Waals surface area contributed by atoms with E-state index in [1.165, 1.54) is 38.5 Å². The number of piperidine rings is 1. The van der Waals surface area contributed by atoms with Gasteiger partial charge in [0.15, 0.2) is 0 Å². The molecule has 1 aliphatic heterocycles. The van der Waals surface area contributed by atoms with Crippen LogP contribution in [-0.2, 0) is 4.79 Å². The van der Waals surface area contributed by atoms with Gasteiger partial charge in [-0.15, -0.1) is 0 Å². The molecule has 18 heavy (non-hydrogen) atoms. The highest BCUT2D eigenvalue weighted by Gasteiger charge is 2.27. The maximum Gasteiger partial charge on any atom is 0.220 e. The van der Waals surface area contributed by atoms with E-state index < -0.39 is 0 Å². The van der Waals surface area contributed by atoms with Crippen LogP contribution >= 0.6 is 0 Å². The first-order valence-electron chi connectivity index (χ1n) is 7.65.